The molecule has 0 aliphatic heterocycles. The molecule has 1 aromatic carbocycles. The maximum atomic E-state index is 9.77. The van der Waals surface area contributed by atoms with Gasteiger partial charge in [0.15, 0.2) is 0 Å². The quantitative estimate of drug-likeness (QED) is 0.725. The number of benzene rings is 1. The molecule has 0 aliphatic rings. The number of rotatable bonds is 5. The fourth-order valence-corrected chi connectivity index (χ4v) is 1.45. The van der Waals surface area contributed by atoms with Gasteiger partial charge in [0.25, 0.3) is 0 Å². The molecule has 76 valence electrons. The van der Waals surface area contributed by atoms with Gasteiger partial charge in [-0.2, -0.15) is 0 Å². The lowest BCUT2D eigenvalue weighted by atomic mass is 10.0. The molecule has 0 spiro atoms. The van der Waals surface area contributed by atoms with Crippen LogP contribution in [0.25, 0.3) is 0 Å². The van der Waals surface area contributed by atoms with Crippen molar-refractivity contribution in [2.45, 2.75) is 18.6 Å². The Morgan fingerprint density at radius 3 is 2.57 bits per heavy atom. The van der Waals surface area contributed by atoms with Crippen molar-refractivity contribution in [3.8, 4) is 0 Å². The summed E-state index contributed by atoms with van der Waals surface area (Å²) >= 11 is 0. The number of methoxy groups -OCH3 is 1. The van der Waals surface area contributed by atoms with Crippen molar-refractivity contribution in [1.29, 1.82) is 0 Å². The van der Waals surface area contributed by atoms with E-state index in [4.69, 9.17) is 4.74 Å². The molecule has 2 heteroatoms. The van der Waals surface area contributed by atoms with E-state index in [1.54, 1.807) is 13.2 Å². The van der Waals surface area contributed by atoms with Crippen molar-refractivity contribution in [3.05, 3.63) is 48.6 Å². The van der Waals surface area contributed by atoms with Gasteiger partial charge in [-0.3, -0.25) is 0 Å². The minimum Gasteiger partial charge on any atom is -0.390 e. The van der Waals surface area contributed by atoms with Crippen LogP contribution in [-0.4, -0.2) is 18.3 Å². The molecular weight excluding hydrogens is 176 g/mol. The summed E-state index contributed by atoms with van der Waals surface area (Å²) in [6, 6.07) is 9.70. The molecule has 0 amide bonds. The average Bonchev–Trinajstić information content (AvgIpc) is 2.21. The second kappa shape index (κ2) is 5.58. The monoisotopic (exact) mass is 192 g/mol. The normalized spacial score (nSPS) is 14.7. The summed E-state index contributed by atoms with van der Waals surface area (Å²) in [4.78, 5) is 0. The zero-order valence-corrected chi connectivity index (χ0v) is 8.39. The fraction of sp³-hybridized carbons (Fsp3) is 0.333. The first-order valence-electron chi connectivity index (χ1n) is 4.66. The first kappa shape index (κ1) is 11.0. The summed E-state index contributed by atoms with van der Waals surface area (Å²) in [6.07, 6.45) is 1.43. The summed E-state index contributed by atoms with van der Waals surface area (Å²) in [6.45, 7) is 3.60. The predicted octanol–water partition coefficient (Wildman–Crippen LogP) is 2.31. The lowest BCUT2D eigenvalue weighted by Crippen LogP contribution is -2.19. The molecule has 0 aliphatic carbocycles. The molecule has 0 heterocycles. The van der Waals surface area contributed by atoms with Crippen molar-refractivity contribution >= 4 is 0 Å². The Bertz CT molecular complexity index is 269. The fourth-order valence-electron chi connectivity index (χ4n) is 1.45. The van der Waals surface area contributed by atoms with E-state index in [9.17, 15) is 5.11 Å². The van der Waals surface area contributed by atoms with Crippen molar-refractivity contribution < 1.29 is 9.84 Å². The van der Waals surface area contributed by atoms with Crippen molar-refractivity contribution in [3.63, 3.8) is 0 Å². The molecule has 1 N–H and O–H groups in total. The third-order valence-electron chi connectivity index (χ3n) is 2.14. The van der Waals surface area contributed by atoms with Crippen LogP contribution in [0.5, 0.6) is 0 Å². The molecule has 2 nitrogen and oxygen atoms in total. The van der Waals surface area contributed by atoms with Crippen molar-refractivity contribution in [2.24, 2.45) is 0 Å². The van der Waals surface area contributed by atoms with E-state index in [1.807, 2.05) is 30.3 Å². The smallest absolute Gasteiger partial charge is 0.108 e. The highest BCUT2D eigenvalue weighted by molar-refractivity contribution is 5.18. The second-order valence-electron chi connectivity index (χ2n) is 3.16. The predicted molar refractivity (Wildman–Crippen MR) is 57.0 cm³/mol. The Labute approximate surface area is 84.8 Å². The summed E-state index contributed by atoms with van der Waals surface area (Å²) in [5.74, 6) is 0. The maximum absolute atomic E-state index is 9.77. The first-order valence-corrected chi connectivity index (χ1v) is 4.66. The minimum absolute atomic E-state index is 0.269. The average molecular weight is 192 g/mol. The van der Waals surface area contributed by atoms with Gasteiger partial charge in [0.2, 0.25) is 0 Å². The van der Waals surface area contributed by atoms with Gasteiger partial charge in [-0.1, -0.05) is 36.4 Å². The molecule has 0 unspecified atom stereocenters. The first-order chi connectivity index (χ1) is 6.79. The Hall–Kier alpha value is -1.12. The molecule has 1 aromatic rings. The van der Waals surface area contributed by atoms with Crippen LogP contribution in [0.2, 0.25) is 0 Å². The summed E-state index contributed by atoms with van der Waals surface area (Å²) < 4.78 is 5.25. The summed E-state index contributed by atoms with van der Waals surface area (Å²) in [7, 11) is 1.60. The van der Waals surface area contributed by atoms with Crippen LogP contribution >= 0.6 is 0 Å². The van der Waals surface area contributed by atoms with Crippen LogP contribution in [0.1, 0.15) is 18.1 Å². The molecule has 14 heavy (non-hydrogen) atoms. The number of aliphatic hydroxyl groups is 1. The summed E-state index contributed by atoms with van der Waals surface area (Å²) in [5.41, 5.74) is 0.990. The molecule has 0 aromatic heterocycles. The maximum Gasteiger partial charge on any atom is 0.108 e. The van der Waals surface area contributed by atoms with Gasteiger partial charge in [0.05, 0.1) is 6.10 Å². The van der Waals surface area contributed by atoms with Gasteiger partial charge in [-0.25, -0.2) is 0 Å². The molecule has 1 rings (SSSR count). The zero-order chi connectivity index (χ0) is 10.4. The number of hydrogen-bond acceptors (Lipinski definition) is 2. The van der Waals surface area contributed by atoms with Crippen LogP contribution in [-0.2, 0) is 4.74 Å². The largest absolute Gasteiger partial charge is 0.390 e. The summed E-state index contributed by atoms with van der Waals surface area (Å²) in [5, 5.41) is 9.77. The van der Waals surface area contributed by atoms with Gasteiger partial charge in [-0.05, 0) is 12.0 Å². The molecule has 0 fully saturated rings. The van der Waals surface area contributed by atoms with Crippen LogP contribution in [0, 0.1) is 0 Å². The van der Waals surface area contributed by atoms with E-state index in [0.29, 0.717) is 6.42 Å². The van der Waals surface area contributed by atoms with Gasteiger partial charge in [0, 0.05) is 7.11 Å². The van der Waals surface area contributed by atoms with E-state index in [-0.39, 0.29) is 6.10 Å². The van der Waals surface area contributed by atoms with E-state index >= 15 is 0 Å². The minimum atomic E-state index is -0.528. The Kier molecular flexibility index (Phi) is 4.36. The third kappa shape index (κ3) is 2.69. The van der Waals surface area contributed by atoms with Crippen LogP contribution < -0.4 is 0 Å². The standard InChI is InChI=1S/C12H16O2/c1-3-7-11(13)12(14-2)10-8-5-4-6-9-10/h3-6,8-9,11-13H,1,7H2,2H3/t11-,12-/m0/s1. The molecule has 0 bridgehead atoms. The highest BCUT2D eigenvalue weighted by Gasteiger charge is 2.18. The molecule has 0 radical (unpaired) electrons. The van der Waals surface area contributed by atoms with Crippen LogP contribution in [0.4, 0.5) is 0 Å². The van der Waals surface area contributed by atoms with Gasteiger partial charge in [0.1, 0.15) is 6.10 Å². The molecule has 0 saturated heterocycles. The molecule has 2 atom stereocenters. The Morgan fingerprint density at radius 2 is 2.07 bits per heavy atom. The lowest BCUT2D eigenvalue weighted by molar-refractivity contribution is -0.0115. The Balaban J connectivity index is 2.76. The van der Waals surface area contributed by atoms with E-state index in [0.717, 1.165) is 5.56 Å². The molecular formula is C12H16O2. The molecule has 0 saturated carbocycles. The van der Waals surface area contributed by atoms with E-state index in [2.05, 4.69) is 6.58 Å². The highest BCUT2D eigenvalue weighted by atomic mass is 16.5. The van der Waals surface area contributed by atoms with Crippen LogP contribution in [0.3, 0.4) is 0 Å². The second-order valence-corrected chi connectivity index (χ2v) is 3.16. The highest BCUT2D eigenvalue weighted by Crippen LogP contribution is 2.22. The van der Waals surface area contributed by atoms with E-state index < -0.39 is 6.10 Å². The Morgan fingerprint density at radius 1 is 1.43 bits per heavy atom. The van der Waals surface area contributed by atoms with E-state index in [1.165, 1.54) is 0 Å². The van der Waals surface area contributed by atoms with Crippen molar-refractivity contribution in [1.82, 2.24) is 0 Å². The van der Waals surface area contributed by atoms with Gasteiger partial charge in [-0.15, -0.1) is 6.58 Å². The topological polar surface area (TPSA) is 29.5 Å². The van der Waals surface area contributed by atoms with Crippen molar-refractivity contribution in [2.75, 3.05) is 7.11 Å². The zero-order valence-electron chi connectivity index (χ0n) is 8.39. The van der Waals surface area contributed by atoms with Gasteiger partial charge < -0.3 is 9.84 Å². The van der Waals surface area contributed by atoms with Gasteiger partial charge >= 0.3 is 0 Å². The van der Waals surface area contributed by atoms with Crippen LogP contribution in [0.15, 0.2) is 43.0 Å². The number of ether oxygens (including phenoxy) is 1. The SMILES string of the molecule is C=CC[C@H](O)[C@@H](OC)c1ccccc1. The third-order valence-corrected chi connectivity index (χ3v) is 2.14. The number of aliphatic hydroxyl groups excluding tert-OH is 1. The lowest BCUT2D eigenvalue weighted by Gasteiger charge is -2.20. The number of hydrogen-bond donors (Lipinski definition) is 1.